The van der Waals surface area contributed by atoms with Gasteiger partial charge in [-0.1, -0.05) is 0 Å². The van der Waals surface area contributed by atoms with Crippen LogP contribution in [0.1, 0.15) is 22.3 Å². The smallest absolute Gasteiger partial charge is 0.256 e. The molecule has 20 heavy (non-hydrogen) atoms. The van der Waals surface area contributed by atoms with Crippen molar-refractivity contribution in [3.63, 3.8) is 0 Å². The van der Waals surface area contributed by atoms with Crippen LogP contribution < -0.4 is 10.6 Å². The molecule has 6 nitrogen and oxygen atoms in total. The summed E-state index contributed by atoms with van der Waals surface area (Å²) in [4.78, 5) is 23.4. The van der Waals surface area contributed by atoms with Crippen LogP contribution in [0.5, 0.6) is 0 Å². The second kappa shape index (κ2) is 5.08. The van der Waals surface area contributed by atoms with E-state index in [0.29, 0.717) is 24.2 Å². The number of nitrogens with zero attached hydrogens (tertiary/aromatic N) is 2. The van der Waals surface area contributed by atoms with Crippen molar-refractivity contribution in [3.05, 3.63) is 47.7 Å². The minimum Gasteiger partial charge on any atom is -0.326 e. The Kier molecular flexibility index (Phi) is 3.12. The monoisotopic (exact) mass is 268 g/mol. The van der Waals surface area contributed by atoms with Crippen LogP contribution in [-0.2, 0) is 11.2 Å². The van der Waals surface area contributed by atoms with Crippen molar-refractivity contribution in [3.8, 4) is 0 Å². The summed E-state index contributed by atoms with van der Waals surface area (Å²) in [6, 6.07) is 8.59. The molecule has 0 saturated carbocycles. The summed E-state index contributed by atoms with van der Waals surface area (Å²) in [5.41, 5.74) is 2.28. The van der Waals surface area contributed by atoms with E-state index in [4.69, 9.17) is 0 Å². The first-order valence-electron chi connectivity index (χ1n) is 6.24. The van der Waals surface area contributed by atoms with Crippen LogP contribution in [0, 0.1) is 0 Å². The number of hydrogen-bond acceptors (Lipinski definition) is 4. The van der Waals surface area contributed by atoms with Crippen molar-refractivity contribution in [1.29, 1.82) is 0 Å². The summed E-state index contributed by atoms with van der Waals surface area (Å²) in [7, 11) is 0. The maximum Gasteiger partial charge on any atom is 0.256 e. The number of aromatic nitrogens is 2. The van der Waals surface area contributed by atoms with Gasteiger partial charge in [0.1, 0.15) is 0 Å². The van der Waals surface area contributed by atoms with E-state index in [0.717, 1.165) is 11.3 Å². The Morgan fingerprint density at radius 2 is 2.15 bits per heavy atom. The highest BCUT2D eigenvalue weighted by Crippen LogP contribution is 2.23. The molecule has 0 spiro atoms. The van der Waals surface area contributed by atoms with Crippen LogP contribution in [0.25, 0.3) is 0 Å². The third-order valence-electron chi connectivity index (χ3n) is 3.08. The summed E-state index contributed by atoms with van der Waals surface area (Å²) in [6.07, 6.45) is 2.63. The van der Waals surface area contributed by atoms with E-state index in [-0.39, 0.29) is 11.8 Å². The molecule has 3 rings (SSSR count). The number of carbonyl (C=O) groups excluding carboxylic acids is 2. The molecule has 0 aliphatic carbocycles. The third kappa shape index (κ3) is 2.49. The van der Waals surface area contributed by atoms with Crippen LogP contribution >= 0.6 is 0 Å². The molecule has 0 atom stereocenters. The molecule has 1 aliphatic rings. The Labute approximate surface area is 115 Å². The summed E-state index contributed by atoms with van der Waals surface area (Å²) >= 11 is 0. The highest BCUT2D eigenvalue weighted by Gasteiger charge is 2.16. The second-order valence-electron chi connectivity index (χ2n) is 4.48. The molecule has 0 bridgehead atoms. The van der Waals surface area contributed by atoms with Gasteiger partial charge in [-0.05, 0) is 42.3 Å². The lowest BCUT2D eigenvalue weighted by Crippen LogP contribution is -2.20. The van der Waals surface area contributed by atoms with Gasteiger partial charge in [0.15, 0.2) is 5.82 Å². The number of carbonyl (C=O) groups is 2. The first-order chi connectivity index (χ1) is 9.72. The number of aryl methyl sites for hydroxylation is 1. The van der Waals surface area contributed by atoms with Gasteiger partial charge in [-0.25, -0.2) is 0 Å². The Balaban J connectivity index is 1.81. The standard InChI is InChI=1S/C14H12N4O2/c19-13-6-4-9-8-10(3-5-11(9)16-13)14(20)17-12-2-1-7-15-18-12/h1-3,5,7-8H,4,6H2,(H,16,19)(H,17,18,20). The molecular weight excluding hydrogens is 256 g/mol. The van der Waals surface area contributed by atoms with E-state index in [1.807, 2.05) is 0 Å². The molecule has 0 saturated heterocycles. The average molecular weight is 268 g/mol. The van der Waals surface area contributed by atoms with Gasteiger partial charge in [0.05, 0.1) is 0 Å². The molecule has 2 amide bonds. The Morgan fingerprint density at radius 1 is 1.25 bits per heavy atom. The maximum absolute atomic E-state index is 12.1. The zero-order valence-corrected chi connectivity index (χ0v) is 10.6. The molecule has 0 unspecified atom stereocenters. The van der Waals surface area contributed by atoms with E-state index in [2.05, 4.69) is 20.8 Å². The topological polar surface area (TPSA) is 84.0 Å². The van der Waals surface area contributed by atoms with Crippen LogP contribution in [0.2, 0.25) is 0 Å². The summed E-state index contributed by atoms with van der Waals surface area (Å²) in [6.45, 7) is 0. The lowest BCUT2D eigenvalue weighted by atomic mass is 10.00. The Morgan fingerprint density at radius 3 is 2.95 bits per heavy atom. The molecule has 0 fully saturated rings. The molecule has 2 heterocycles. The number of amides is 2. The largest absolute Gasteiger partial charge is 0.326 e. The summed E-state index contributed by atoms with van der Waals surface area (Å²) < 4.78 is 0. The number of anilines is 2. The fourth-order valence-electron chi connectivity index (χ4n) is 2.08. The maximum atomic E-state index is 12.1. The Bertz CT molecular complexity index is 670. The molecule has 6 heteroatoms. The van der Waals surface area contributed by atoms with Crippen molar-refractivity contribution in [1.82, 2.24) is 10.2 Å². The second-order valence-corrected chi connectivity index (χ2v) is 4.48. The predicted octanol–water partition coefficient (Wildman–Crippen LogP) is 1.61. The Hall–Kier alpha value is -2.76. The van der Waals surface area contributed by atoms with Crippen molar-refractivity contribution in [2.45, 2.75) is 12.8 Å². The summed E-state index contributed by atoms with van der Waals surface area (Å²) in [5, 5.41) is 13.0. The van der Waals surface area contributed by atoms with Gasteiger partial charge in [-0.15, -0.1) is 5.10 Å². The first kappa shape index (κ1) is 12.3. The van der Waals surface area contributed by atoms with Gasteiger partial charge in [-0.3, -0.25) is 9.59 Å². The number of benzene rings is 1. The fraction of sp³-hybridized carbons (Fsp3) is 0.143. The molecule has 2 N–H and O–H groups in total. The van der Waals surface area contributed by atoms with E-state index in [1.54, 1.807) is 30.3 Å². The average Bonchev–Trinajstić information content (AvgIpc) is 2.47. The lowest BCUT2D eigenvalue weighted by molar-refractivity contribution is -0.116. The molecule has 100 valence electrons. The normalized spacial score (nSPS) is 13.3. The van der Waals surface area contributed by atoms with Gasteiger partial charge in [0.25, 0.3) is 5.91 Å². The van der Waals surface area contributed by atoms with Crippen molar-refractivity contribution < 1.29 is 9.59 Å². The number of hydrogen-bond donors (Lipinski definition) is 2. The first-order valence-corrected chi connectivity index (χ1v) is 6.24. The molecule has 2 aromatic rings. The zero-order chi connectivity index (χ0) is 13.9. The number of fused-ring (bicyclic) bond motifs is 1. The molecule has 1 aliphatic heterocycles. The van der Waals surface area contributed by atoms with Gasteiger partial charge < -0.3 is 10.6 Å². The predicted molar refractivity (Wildman–Crippen MR) is 73.4 cm³/mol. The van der Waals surface area contributed by atoms with Crippen molar-refractivity contribution >= 4 is 23.3 Å². The quantitative estimate of drug-likeness (QED) is 0.866. The molecule has 0 radical (unpaired) electrons. The molecular formula is C14H12N4O2. The van der Waals surface area contributed by atoms with E-state index in [9.17, 15) is 9.59 Å². The highest BCUT2D eigenvalue weighted by molar-refractivity contribution is 6.04. The number of nitrogens with one attached hydrogen (secondary N) is 2. The number of rotatable bonds is 2. The minimum absolute atomic E-state index is 0.00858. The van der Waals surface area contributed by atoms with Gasteiger partial charge in [-0.2, -0.15) is 5.10 Å². The molecule has 1 aromatic heterocycles. The zero-order valence-electron chi connectivity index (χ0n) is 10.6. The van der Waals surface area contributed by atoms with Gasteiger partial charge >= 0.3 is 0 Å². The van der Waals surface area contributed by atoms with Gasteiger partial charge in [0, 0.05) is 23.9 Å². The van der Waals surface area contributed by atoms with Crippen LogP contribution in [0.15, 0.2) is 36.5 Å². The minimum atomic E-state index is -0.245. The SMILES string of the molecule is O=C1CCc2cc(C(=O)Nc3cccnn3)ccc2N1. The van der Waals surface area contributed by atoms with E-state index < -0.39 is 0 Å². The van der Waals surface area contributed by atoms with Crippen LogP contribution in [-0.4, -0.2) is 22.0 Å². The van der Waals surface area contributed by atoms with Crippen LogP contribution in [0.3, 0.4) is 0 Å². The lowest BCUT2D eigenvalue weighted by Gasteiger charge is -2.17. The summed E-state index contributed by atoms with van der Waals surface area (Å²) in [5.74, 6) is 0.169. The van der Waals surface area contributed by atoms with Crippen molar-refractivity contribution in [2.24, 2.45) is 0 Å². The van der Waals surface area contributed by atoms with Crippen LogP contribution in [0.4, 0.5) is 11.5 Å². The van der Waals surface area contributed by atoms with E-state index >= 15 is 0 Å². The van der Waals surface area contributed by atoms with Crippen molar-refractivity contribution in [2.75, 3.05) is 10.6 Å². The fourth-order valence-corrected chi connectivity index (χ4v) is 2.08. The van der Waals surface area contributed by atoms with Gasteiger partial charge in [0.2, 0.25) is 5.91 Å². The van der Waals surface area contributed by atoms with E-state index in [1.165, 1.54) is 6.20 Å². The highest BCUT2D eigenvalue weighted by atomic mass is 16.2. The third-order valence-corrected chi connectivity index (χ3v) is 3.08. The molecule has 1 aromatic carbocycles.